The summed E-state index contributed by atoms with van der Waals surface area (Å²) in [5.41, 5.74) is 0.931. The number of hydrogen-bond donors (Lipinski definition) is 0. The molecular weight excluding hydrogens is 327 g/mol. The van der Waals surface area contributed by atoms with Crippen LogP contribution >= 0.6 is 15.9 Å². The van der Waals surface area contributed by atoms with E-state index in [1.54, 1.807) is 13.2 Å². The van der Waals surface area contributed by atoms with E-state index in [4.69, 9.17) is 9.47 Å². The largest absolute Gasteiger partial charge is 0.496 e. The molecule has 0 N–H and O–H groups in total. The lowest BCUT2D eigenvalue weighted by molar-refractivity contribution is 0.111. The molecule has 0 saturated heterocycles. The van der Waals surface area contributed by atoms with E-state index >= 15 is 0 Å². The molecule has 0 spiro atoms. The smallest absolute Gasteiger partial charge is 0.166 e. The van der Waals surface area contributed by atoms with Gasteiger partial charge < -0.3 is 9.47 Å². The molecule has 0 radical (unpaired) electrons. The van der Waals surface area contributed by atoms with Gasteiger partial charge in [-0.05, 0) is 18.2 Å². The minimum Gasteiger partial charge on any atom is -0.496 e. The highest BCUT2D eigenvalue weighted by Gasteiger charge is 2.12. The number of carbonyl (C=O) groups excluding carboxylic acids is 1. The molecule has 2 aromatic rings. The first-order valence-electron chi connectivity index (χ1n) is 5.84. The fourth-order valence-electron chi connectivity index (χ4n) is 1.79. The lowest BCUT2D eigenvalue weighted by Gasteiger charge is -2.12. The summed E-state index contributed by atoms with van der Waals surface area (Å²) >= 11 is 3.13. The Morgan fingerprint density at radius 3 is 2.75 bits per heavy atom. The molecule has 0 unspecified atom stereocenters. The number of aldehydes is 1. The van der Waals surface area contributed by atoms with E-state index in [0.717, 1.165) is 5.56 Å². The van der Waals surface area contributed by atoms with Crippen molar-refractivity contribution in [2.45, 2.75) is 6.61 Å². The molecule has 2 aromatic carbocycles. The average Bonchev–Trinajstić information content (AvgIpc) is 2.45. The van der Waals surface area contributed by atoms with Gasteiger partial charge in [0.25, 0.3) is 0 Å². The summed E-state index contributed by atoms with van der Waals surface area (Å²) in [4.78, 5) is 11.0. The van der Waals surface area contributed by atoms with Gasteiger partial charge in [-0.1, -0.05) is 34.1 Å². The third-order valence-corrected chi connectivity index (χ3v) is 3.19. The number of methoxy groups -OCH3 is 1. The van der Waals surface area contributed by atoms with Crippen LogP contribution in [0.15, 0.2) is 40.9 Å². The van der Waals surface area contributed by atoms with Gasteiger partial charge in [0, 0.05) is 10.0 Å². The second kappa shape index (κ2) is 6.52. The van der Waals surface area contributed by atoms with Crippen LogP contribution in [0.2, 0.25) is 0 Å². The summed E-state index contributed by atoms with van der Waals surface area (Å²) in [6.07, 6.45) is 0.561. The van der Waals surface area contributed by atoms with E-state index in [1.807, 2.05) is 18.2 Å². The predicted octanol–water partition coefficient (Wildman–Crippen LogP) is 3.99. The van der Waals surface area contributed by atoms with Crippen LogP contribution in [-0.4, -0.2) is 13.4 Å². The molecule has 0 heterocycles. The van der Waals surface area contributed by atoms with Crippen molar-refractivity contribution in [3.63, 3.8) is 0 Å². The second-order valence-corrected chi connectivity index (χ2v) is 4.94. The lowest BCUT2D eigenvalue weighted by Crippen LogP contribution is -2.02. The molecule has 20 heavy (non-hydrogen) atoms. The molecule has 0 aliphatic carbocycles. The molecule has 3 nitrogen and oxygen atoms in total. The summed E-state index contributed by atoms with van der Waals surface area (Å²) in [6.45, 7) is 0.114. The first-order chi connectivity index (χ1) is 9.65. The van der Waals surface area contributed by atoms with Crippen molar-refractivity contribution in [1.82, 2.24) is 0 Å². The number of ether oxygens (including phenoxy) is 2. The molecule has 0 saturated carbocycles. The number of carbonyl (C=O) groups is 1. The topological polar surface area (TPSA) is 35.5 Å². The molecule has 0 aliphatic heterocycles. The zero-order valence-electron chi connectivity index (χ0n) is 10.7. The van der Waals surface area contributed by atoms with Crippen LogP contribution in [0.1, 0.15) is 15.9 Å². The zero-order chi connectivity index (χ0) is 14.5. The van der Waals surface area contributed by atoms with Crippen molar-refractivity contribution in [3.05, 3.63) is 57.8 Å². The standard InChI is InChI=1S/C15H12BrFO3/c1-19-14-5-3-2-4-10(14)9-20-15-11(8-18)6-12(16)7-13(15)17/h2-8H,9H2,1H3. The first-order valence-corrected chi connectivity index (χ1v) is 6.64. The van der Waals surface area contributed by atoms with E-state index in [2.05, 4.69) is 15.9 Å². The third kappa shape index (κ3) is 3.17. The second-order valence-electron chi connectivity index (χ2n) is 4.02. The van der Waals surface area contributed by atoms with Crippen LogP contribution in [0.3, 0.4) is 0 Å². The first kappa shape index (κ1) is 14.5. The van der Waals surface area contributed by atoms with Crippen molar-refractivity contribution in [2.75, 3.05) is 7.11 Å². The molecule has 2 rings (SSSR count). The lowest BCUT2D eigenvalue weighted by atomic mass is 10.2. The van der Waals surface area contributed by atoms with Crippen LogP contribution in [0.5, 0.6) is 11.5 Å². The maximum atomic E-state index is 13.8. The highest BCUT2D eigenvalue weighted by atomic mass is 79.9. The average molecular weight is 339 g/mol. The molecule has 104 valence electrons. The van der Waals surface area contributed by atoms with Gasteiger partial charge in [-0.15, -0.1) is 0 Å². The number of hydrogen-bond acceptors (Lipinski definition) is 3. The van der Waals surface area contributed by atoms with Gasteiger partial charge in [0.2, 0.25) is 0 Å². The van der Waals surface area contributed by atoms with Crippen molar-refractivity contribution >= 4 is 22.2 Å². The van der Waals surface area contributed by atoms with Crippen molar-refractivity contribution < 1.29 is 18.7 Å². The van der Waals surface area contributed by atoms with Gasteiger partial charge in [0.05, 0.1) is 12.7 Å². The quantitative estimate of drug-likeness (QED) is 0.773. The molecule has 0 aliphatic rings. The van der Waals surface area contributed by atoms with Crippen LogP contribution in [0, 0.1) is 5.82 Å². The van der Waals surface area contributed by atoms with E-state index in [9.17, 15) is 9.18 Å². The molecule has 0 amide bonds. The Balaban J connectivity index is 2.25. The molecule has 0 aromatic heterocycles. The Kier molecular flexibility index (Phi) is 4.74. The molecular formula is C15H12BrFO3. The zero-order valence-corrected chi connectivity index (χ0v) is 12.3. The summed E-state index contributed by atoms with van der Waals surface area (Å²) in [5, 5.41) is 0. The fourth-order valence-corrected chi connectivity index (χ4v) is 2.24. The van der Waals surface area contributed by atoms with Crippen molar-refractivity contribution in [3.8, 4) is 11.5 Å². The molecule has 0 fully saturated rings. The van der Waals surface area contributed by atoms with Crippen LogP contribution < -0.4 is 9.47 Å². The Morgan fingerprint density at radius 1 is 1.30 bits per heavy atom. The minimum atomic E-state index is -0.587. The minimum absolute atomic E-state index is 0.0610. The molecule has 0 atom stereocenters. The van der Waals surface area contributed by atoms with Gasteiger partial charge in [-0.2, -0.15) is 0 Å². The summed E-state index contributed by atoms with van der Waals surface area (Å²) in [5.74, 6) is 0.00292. The SMILES string of the molecule is COc1ccccc1COc1c(F)cc(Br)cc1C=O. The summed E-state index contributed by atoms with van der Waals surface area (Å²) < 4.78 is 24.9. The van der Waals surface area contributed by atoms with Gasteiger partial charge in [-0.25, -0.2) is 4.39 Å². The third-order valence-electron chi connectivity index (χ3n) is 2.73. The van der Waals surface area contributed by atoms with Gasteiger partial charge >= 0.3 is 0 Å². The van der Waals surface area contributed by atoms with Crippen LogP contribution in [0.25, 0.3) is 0 Å². The number of rotatable bonds is 5. The van der Waals surface area contributed by atoms with Crippen molar-refractivity contribution in [2.24, 2.45) is 0 Å². The Morgan fingerprint density at radius 2 is 2.05 bits per heavy atom. The summed E-state index contributed by atoms with van der Waals surface area (Å²) in [7, 11) is 1.55. The van der Waals surface area contributed by atoms with E-state index < -0.39 is 5.82 Å². The number of para-hydroxylation sites is 1. The molecule has 5 heteroatoms. The van der Waals surface area contributed by atoms with E-state index in [-0.39, 0.29) is 17.9 Å². The monoisotopic (exact) mass is 338 g/mol. The maximum absolute atomic E-state index is 13.8. The highest BCUT2D eigenvalue weighted by molar-refractivity contribution is 9.10. The Labute approximate surface area is 124 Å². The highest BCUT2D eigenvalue weighted by Crippen LogP contribution is 2.28. The Bertz CT molecular complexity index is 629. The van der Waals surface area contributed by atoms with Crippen LogP contribution in [0.4, 0.5) is 4.39 Å². The van der Waals surface area contributed by atoms with Gasteiger partial charge in [-0.3, -0.25) is 4.79 Å². The Hall–Kier alpha value is -1.88. The van der Waals surface area contributed by atoms with Crippen LogP contribution in [-0.2, 0) is 6.61 Å². The predicted molar refractivity (Wildman–Crippen MR) is 76.8 cm³/mol. The van der Waals surface area contributed by atoms with E-state index in [0.29, 0.717) is 16.5 Å². The maximum Gasteiger partial charge on any atom is 0.166 e. The summed E-state index contributed by atoms with van der Waals surface area (Å²) in [6, 6.07) is 10.0. The number of benzene rings is 2. The molecule has 0 bridgehead atoms. The normalized spacial score (nSPS) is 10.2. The van der Waals surface area contributed by atoms with Gasteiger partial charge in [0.1, 0.15) is 12.4 Å². The fraction of sp³-hybridized carbons (Fsp3) is 0.133. The van der Waals surface area contributed by atoms with Crippen molar-refractivity contribution in [1.29, 1.82) is 0 Å². The van der Waals surface area contributed by atoms with E-state index in [1.165, 1.54) is 12.1 Å². The van der Waals surface area contributed by atoms with Gasteiger partial charge in [0.15, 0.2) is 17.9 Å². The number of halogens is 2.